The monoisotopic (exact) mass is 332 g/mol. The summed E-state index contributed by atoms with van der Waals surface area (Å²) in [7, 11) is 1.89. The fraction of sp³-hybridized carbons (Fsp3) is 0.500. The fourth-order valence-electron chi connectivity index (χ4n) is 3.87. The smallest absolute Gasteiger partial charge is 0.270 e. The summed E-state index contributed by atoms with van der Waals surface area (Å²) >= 11 is 6.28. The lowest BCUT2D eigenvalue weighted by Gasteiger charge is -2.35. The first-order valence-electron chi connectivity index (χ1n) is 8.25. The van der Waals surface area contributed by atoms with E-state index in [0.29, 0.717) is 17.3 Å². The molecule has 1 unspecified atom stereocenters. The van der Waals surface area contributed by atoms with Gasteiger partial charge in [0.2, 0.25) is 0 Å². The van der Waals surface area contributed by atoms with E-state index < -0.39 is 5.60 Å². The molecule has 1 aromatic carbocycles. The second-order valence-corrected chi connectivity index (χ2v) is 7.37. The second kappa shape index (κ2) is 5.25. The zero-order valence-corrected chi connectivity index (χ0v) is 14.0. The second-order valence-electron chi connectivity index (χ2n) is 6.96. The van der Waals surface area contributed by atoms with Crippen molar-refractivity contribution in [2.45, 2.75) is 31.3 Å². The van der Waals surface area contributed by atoms with Gasteiger partial charge in [-0.05, 0) is 37.8 Å². The number of likely N-dealkylation sites (tertiary alicyclic amines) is 1. The van der Waals surface area contributed by atoms with Crippen molar-refractivity contribution in [3.05, 3.63) is 35.0 Å². The molecule has 1 atom stereocenters. The molecule has 0 spiro atoms. The van der Waals surface area contributed by atoms with Crippen molar-refractivity contribution < 1.29 is 9.90 Å². The van der Waals surface area contributed by atoms with Crippen LogP contribution in [0.5, 0.6) is 0 Å². The summed E-state index contributed by atoms with van der Waals surface area (Å²) in [6.07, 6.45) is 3.73. The van der Waals surface area contributed by atoms with Gasteiger partial charge in [-0.15, -0.1) is 0 Å². The zero-order chi connectivity index (χ0) is 16.2. The number of aromatic nitrogens is 1. The van der Waals surface area contributed by atoms with Crippen LogP contribution >= 0.6 is 11.6 Å². The average molecular weight is 333 g/mol. The number of piperidine rings is 1. The van der Waals surface area contributed by atoms with E-state index in [-0.39, 0.29) is 11.8 Å². The van der Waals surface area contributed by atoms with Crippen molar-refractivity contribution in [1.82, 2.24) is 9.47 Å². The number of rotatable bonds is 2. The number of carbonyl (C=O) groups excluding carboxylic acids is 1. The molecule has 2 fully saturated rings. The van der Waals surface area contributed by atoms with Crippen LogP contribution < -0.4 is 0 Å². The van der Waals surface area contributed by atoms with Crippen molar-refractivity contribution in [2.24, 2.45) is 13.0 Å². The third-order valence-corrected chi connectivity index (χ3v) is 5.76. The van der Waals surface area contributed by atoms with Crippen LogP contribution in [0.1, 0.15) is 36.2 Å². The fourth-order valence-corrected chi connectivity index (χ4v) is 4.18. The highest BCUT2D eigenvalue weighted by molar-refractivity contribution is 6.35. The molecule has 4 nitrogen and oxygen atoms in total. The van der Waals surface area contributed by atoms with Gasteiger partial charge in [0.1, 0.15) is 5.69 Å². The number of benzene rings is 1. The van der Waals surface area contributed by atoms with Gasteiger partial charge in [0.05, 0.1) is 16.1 Å². The molecule has 1 saturated carbocycles. The minimum atomic E-state index is -0.513. The third kappa shape index (κ3) is 2.45. The molecule has 5 heteroatoms. The third-order valence-electron chi connectivity index (χ3n) is 5.46. The summed E-state index contributed by atoms with van der Waals surface area (Å²) in [4.78, 5) is 14.9. The molecule has 1 aliphatic heterocycles. The number of amides is 1. The average Bonchev–Trinajstić information content (AvgIpc) is 3.21. The Balaban J connectivity index is 1.64. The van der Waals surface area contributed by atoms with E-state index in [2.05, 4.69) is 0 Å². The standard InChI is InChI=1S/C18H21ClN2O2/c1-20-15(10-12-4-2-6-14(19)16(12)20)17(22)21-9-3-5-13(11-21)18(23)7-8-18/h2,4,6,10,13,23H,3,5,7-9,11H2,1H3. The van der Waals surface area contributed by atoms with Gasteiger partial charge in [0.15, 0.2) is 0 Å². The molecule has 2 heterocycles. The van der Waals surface area contributed by atoms with Crippen LogP contribution in [-0.4, -0.2) is 39.2 Å². The van der Waals surface area contributed by atoms with Gasteiger partial charge in [-0.1, -0.05) is 23.7 Å². The van der Waals surface area contributed by atoms with Crippen molar-refractivity contribution in [3.63, 3.8) is 0 Å². The highest BCUT2D eigenvalue weighted by Gasteiger charge is 2.49. The molecule has 1 amide bonds. The molecule has 2 aliphatic rings. The van der Waals surface area contributed by atoms with E-state index in [0.717, 1.165) is 43.1 Å². The SMILES string of the molecule is Cn1c(C(=O)N2CCCC(C3(O)CC3)C2)cc2cccc(Cl)c21. The van der Waals surface area contributed by atoms with Crippen LogP contribution in [0.15, 0.2) is 24.3 Å². The molecule has 0 bridgehead atoms. The summed E-state index contributed by atoms with van der Waals surface area (Å²) in [5.41, 5.74) is 1.05. The Morgan fingerprint density at radius 1 is 1.39 bits per heavy atom. The molecule has 23 heavy (non-hydrogen) atoms. The van der Waals surface area contributed by atoms with Crippen molar-refractivity contribution in [2.75, 3.05) is 13.1 Å². The first kappa shape index (κ1) is 15.0. The van der Waals surface area contributed by atoms with E-state index in [4.69, 9.17) is 11.6 Å². The van der Waals surface area contributed by atoms with Gasteiger partial charge in [0, 0.05) is 31.4 Å². The molecular formula is C18H21ClN2O2. The molecular weight excluding hydrogens is 312 g/mol. The summed E-state index contributed by atoms with van der Waals surface area (Å²) in [5.74, 6) is 0.257. The number of halogens is 1. The Kier molecular flexibility index (Phi) is 3.43. The lowest BCUT2D eigenvalue weighted by atomic mass is 9.90. The molecule has 1 aromatic heterocycles. The van der Waals surface area contributed by atoms with Crippen molar-refractivity contribution in [1.29, 1.82) is 0 Å². The number of hydrogen-bond acceptors (Lipinski definition) is 2. The highest BCUT2D eigenvalue weighted by Crippen LogP contribution is 2.45. The Morgan fingerprint density at radius 3 is 2.87 bits per heavy atom. The summed E-state index contributed by atoms with van der Waals surface area (Å²) < 4.78 is 1.88. The first-order chi connectivity index (χ1) is 11.0. The molecule has 1 N–H and O–H groups in total. The maximum absolute atomic E-state index is 13.0. The van der Waals surface area contributed by atoms with Gasteiger partial charge in [0.25, 0.3) is 5.91 Å². The van der Waals surface area contributed by atoms with E-state index in [1.165, 1.54) is 0 Å². The lowest BCUT2D eigenvalue weighted by Crippen LogP contribution is -2.44. The van der Waals surface area contributed by atoms with Crippen LogP contribution in [0.4, 0.5) is 0 Å². The summed E-state index contributed by atoms with van der Waals surface area (Å²) in [6.45, 7) is 1.42. The Hall–Kier alpha value is -1.52. The number of carbonyl (C=O) groups is 1. The minimum Gasteiger partial charge on any atom is -0.390 e. The largest absolute Gasteiger partial charge is 0.390 e. The topological polar surface area (TPSA) is 45.5 Å². The Labute approximate surface area is 140 Å². The maximum Gasteiger partial charge on any atom is 0.270 e. The number of hydrogen-bond donors (Lipinski definition) is 1. The van der Waals surface area contributed by atoms with Crippen LogP contribution in [0, 0.1) is 5.92 Å². The number of aliphatic hydroxyl groups is 1. The lowest BCUT2D eigenvalue weighted by molar-refractivity contribution is 0.0278. The van der Waals surface area contributed by atoms with E-state index in [1.54, 1.807) is 0 Å². The normalized spacial score (nSPS) is 23.3. The molecule has 122 valence electrons. The molecule has 2 aromatic rings. The van der Waals surface area contributed by atoms with Gasteiger partial charge in [-0.25, -0.2) is 0 Å². The van der Waals surface area contributed by atoms with Gasteiger partial charge in [-0.2, -0.15) is 0 Å². The van der Waals surface area contributed by atoms with Gasteiger partial charge < -0.3 is 14.6 Å². The van der Waals surface area contributed by atoms with Crippen LogP contribution in [0.3, 0.4) is 0 Å². The highest BCUT2D eigenvalue weighted by atomic mass is 35.5. The number of fused-ring (bicyclic) bond motifs is 1. The van der Waals surface area contributed by atoms with Crippen LogP contribution in [0.25, 0.3) is 10.9 Å². The van der Waals surface area contributed by atoms with Crippen LogP contribution in [0.2, 0.25) is 5.02 Å². The predicted octanol–water partition coefficient (Wildman–Crippen LogP) is 3.21. The summed E-state index contributed by atoms with van der Waals surface area (Å²) in [6, 6.07) is 7.64. The predicted molar refractivity (Wildman–Crippen MR) is 90.7 cm³/mol. The number of nitrogens with zero attached hydrogens (tertiary/aromatic N) is 2. The van der Waals surface area contributed by atoms with Crippen LogP contribution in [-0.2, 0) is 7.05 Å². The van der Waals surface area contributed by atoms with E-state index in [9.17, 15) is 9.90 Å². The van der Waals surface area contributed by atoms with E-state index in [1.807, 2.05) is 40.8 Å². The van der Waals surface area contributed by atoms with Crippen molar-refractivity contribution in [3.8, 4) is 0 Å². The maximum atomic E-state index is 13.0. The van der Waals surface area contributed by atoms with Gasteiger partial charge in [-0.3, -0.25) is 4.79 Å². The quantitative estimate of drug-likeness (QED) is 0.917. The summed E-state index contributed by atoms with van der Waals surface area (Å²) in [5, 5.41) is 12.0. The molecule has 1 aliphatic carbocycles. The van der Waals surface area contributed by atoms with Crippen molar-refractivity contribution >= 4 is 28.4 Å². The molecule has 1 saturated heterocycles. The Morgan fingerprint density at radius 2 is 2.17 bits per heavy atom. The zero-order valence-electron chi connectivity index (χ0n) is 13.3. The van der Waals surface area contributed by atoms with Gasteiger partial charge >= 0.3 is 0 Å². The minimum absolute atomic E-state index is 0.0358. The van der Waals surface area contributed by atoms with E-state index >= 15 is 0 Å². The molecule has 4 rings (SSSR count). The molecule has 0 radical (unpaired) electrons. The number of aryl methyl sites for hydroxylation is 1. The first-order valence-corrected chi connectivity index (χ1v) is 8.63. The Bertz CT molecular complexity index is 779. The number of para-hydroxylation sites is 1.